The van der Waals surface area contributed by atoms with Gasteiger partial charge in [0.2, 0.25) is 15.9 Å². The molecule has 0 unspecified atom stereocenters. The normalized spacial score (nSPS) is 32.2. The maximum atomic E-state index is 12.8. The Hall–Kier alpha value is -0.700. The van der Waals surface area contributed by atoms with Crippen molar-refractivity contribution in [2.75, 3.05) is 52.1 Å². The van der Waals surface area contributed by atoms with Gasteiger partial charge in [0.05, 0.1) is 19.0 Å². The number of piperidine rings is 1. The van der Waals surface area contributed by atoms with Gasteiger partial charge in [-0.2, -0.15) is 0 Å². The van der Waals surface area contributed by atoms with E-state index in [1.165, 1.54) is 6.26 Å². The Balaban J connectivity index is 1.52. The molecule has 0 radical (unpaired) electrons. The van der Waals surface area contributed by atoms with E-state index < -0.39 is 10.0 Å². The monoisotopic (exact) mass is 359 g/mol. The Morgan fingerprint density at radius 2 is 1.96 bits per heavy atom. The summed E-state index contributed by atoms with van der Waals surface area (Å²) in [6, 6.07) is 0. The van der Waals surface area contributed by atoms with E-state index in [9.17, 15) is 13.2 Å². The molecular weight excluding hydrogens is 330 g/mol. The second-order valence-electron chi connectivity index (χ2n) is 7.37. The van der Waals surface area contributed by atoms with Crippen molar-refractivity contribution in [2.45, 2.75) is 25.9 Å². The molecule has 0 saturated carbocycles. The van der Waals surface area contributed by atoms with E-state index in [0.717, 1.165) is 32.5 Å². The van der Waals surface area contributed by atoms with Gasteiger partial charge in [0.15, 0.2) is 0 Å². The lowest BCUT2D eigenvalue weighted by Crippen LogP contribution is -2.42. The minimum Gasteiger partial charge on any atom is -0.376 e. The second-order valence-corrected chi connectivity index (χ2v) is 9.20. The van der Waals surface area contributed by atoms with Crippen LogP contribution in [-0.4, -0.2) is 82.4 Å². The van der Waals surface area contributed by atoms with Crippen LogP contribution in [0, 0.1) is 17.8 Å². The third-order valence-corrected chi connectivity index (χ3v) is 6.43. The van der Waals surface area contributed by atoms with Crippen molar-refractivity contribution in [1.82, 2.24) is 14.5 Å². The van der Waals surface area contributed by atoms with Crippen LogP contribution in [0.3, 0.4) is 0 Å². The molecule has 8 heteroatoms. The molecule has 3 fully saturated rings. The fourth-order valence-corrected chi connectivity index (χ4v) is 4.72. The van der Waals surface area contributed by atoms with E-state index >= 15 is 0 Å². The second kappa shape index (κ2) is 7.27. The first-order valence-electron chi connectivity index (χ1n) is 8.94. The molecule has 0 aromatic rings. The number of hydrogen-bond acceptors (Lipinski definition) is 5. The maximum Gasteiger partial charge on any atom is 0.225 e. The van der Waals surface area contributed by atoms with Crippen LogP contribution in [0.5, 0.6) is 0 Å². The van der Waals surface area contributed by atoms with E-state index in [0.29, 0.717) is 26.2 Å². The summed E-state index contributed by atoms with van der Waals surface area (Å²) in [7, 11) is -3.19. The lowest BCUT2D eigenvalue weighted by molar-refractivity contribution is -0.136. The molecule has 0 aromatic heterocycles. The number of ether oxygens (including phenoxy) is 1. The molecule has 138 valence electrons. The van der Waals surface area contributed by atoms with Crippen molar-refractivity contribution in [3.05, 3.63) is 0 Å². The number of rotatable bonds is 5. The van der Waals surface area contributed by atoms with Crippen molar-refractivity contribution < 1.29 is 17.9 Å². The number of hydrogen-bond donors (Lipinski definition) is 1. The number of carbonyl (C=O) groups is 1. The molecule has 0 bridgehead atoms. The van der Waals surface area contributed by atoms with Crippen LogP contribution in [0.25, 0.3) is 0 Å². The highest BCUT2D eigenvalue weighted by molar-refractivity contribution is 7.88. The van der Waals surface area contributed by atoms with Crippen LogP contribution in [0.2, 0.25) is 0 Å². The van der Waals surface area contributed by atoms with Crippen LogP contribution in [0.1, 0.15) is 19.8 Å². The molecule has 0 aromatic carbocycles. The molecule has 7 nitrogen and oxygen atoms in total. The number of likely N-dealkylation sites (tertiary alicyclic amines) is 2. The molecule has 1 amide bonds. The molecule has 3 aliphatic heterocycles. The third kappa shape index (κ3) is 4.09. The van der Waals surface area contributed by atoms with Crippen LogP contribution >= 0.6 is 0 Å². The Labute approximate surface area is 144 Å². The van der Waals surface area contributed by atoms with Gasteiger partial charge in [0.1, 0.15) is 0 Å². The van der Waals surface area contributed by atoms with Crippen molar-refractivity contribution in [3.63, 3.8) is 0 Å². The number of nitrogens with one attached hydrogen (secondary N) is 1. The molecule has 24 heavy (non-hydrogen) atoms. The predicted octanol–water partition coefficient (Wildman–Crippen LogP) is -0.259. The Kier molecular flexibility index (Phi) is 5.48. The summed E-state index contributed by atoms with van der Waals surface area (Å²) in [6.07, 6.45) is 3.13. The fraction of sp³-hybridized carbons (Fsp3) is 0.938. The summed E-state index contributed by atoms with van der Waals surface area (Å²) in [4.78, 5) is 17.1. The first-order valence-corrected chi connectivity index (χ1v) is 10.8. The highest BCUT2D eigenvalue weighted by Gasteiger charge is 2.46. The van der Waals surface area contributed by atoms with Crippen LogP contribution in [0.4, 0.5) is 0 Å². The number of sulfonamides is 1. The van der Waals surface area contributed by atoms with Gasteiger partial charge in [-0.3, -0.25) is 4.79 Å². The third-order valence-electron chi connectivity index (χ3n) is 5.74. The van der Waals surface area contributed by atoms with Gasteiger partial charge in [0.25, 0.3) is 0 Å². The lowest BCUT2D eigenvalue weighted by Gasteiger charge is -2.32. The minimum atomic E-state index is -3.19. The first kappa shape index (κ1) is 18.1. The standard InChI is InChI=1S/C16H29N3O4S/c1-3-18-6-4-12(5-7-18)16(20)19-9-14-13(8-17-24(2,21)22)11-23-15(14)10-19/h12-15,17H,3-11H2,1-2H3/t13-,14+,15+/m0/s1. The van der Waals surface area contributed by atoms with E-state index in [2.05, 4.69) is 16.5 Å². The van der Waals surface area contributed by atoms with Gasteiger partial charge in [-0.15, -0.1) is 0 Å². The zero-order valence-electron chi connectivity index (χ0n) is 14.6. The van der Waals surface area contributed by atoms with Crippen LogP contribution in [-0.2, 0) is 19.6 Å². The average molecular weight is 359 g/mol. The van der Waals surface area contributed by atoms with Gasteiger partial charge in [-0.1, -0.05) is 6.92 Å². The van der Waals surface area contributed by atoms with Gasteiger partial charge in [-0.05, 0) is 32.5 Å². The molecular formula is C16H29N3O4S. The topological polar surface area (TPSA) is 79.0 Å². The van der Waals surface area contributed by atoms with Crippen molar-refractivity contribution >= 4 is 15.9 Å². The molecule has 0 spiro atoms. The van der Waals surface area contributed by atoms with Crippen molar-refractivity contribution in [3.8, 4) is 0 Å². The summed E-state index contributed by atoms with van der Waals surface area (Å²) >= 11 is 0. The molecule has 3 rings (SSSR count). The van der Waals surface area contributed by atoms with E-state index in [-0.39, 0.29) is 29.8 Å². The van der Waals surface area contributed by atoms with Gasteiger partial charge < -0.3 is 14.5 Å². The van der Waals surface area contributed by atoms with Gasteiger partial charge >= 0.3 is 0 Å². The Morgan fingerprint density at radius 3 is 2.58 bits per heavy atom. The van der Waals surface area contributed by atoms with E-state index in [4.69, 9.17) is 4.74 Å². The molecule has 3 heterocycles. The number of nitrogens with zero attached hydrogens (tertiary/aromatic N) is 2. The summed E-state index contributed by atoms with van der Waals surface area (Å²) < 4.78 is 31.0. The number of fused-ring (bicyclic) bond motifs is 1. The molecule has 3 aliphatic rings. The summed E-state index contributed by atoms with van der Waals surface area (Å²) in [6.45, 7) is 7.56. The zero-order chi connectivity index (χ0) is 17.3. The van der Waals surface area contributed by atoms with Gasteiger partial charge in [-0.25, -0.2) is 13.1 Å². The molecule has 3 atom stereocenters. The van der Waals surface area contributed by atoms with E-state index in [1.807, 2.05) is 4.90 Å². The van der Waals surface area contributed by atoms with Crippen LogP contribution in [0.15, 0.2) is 0 Å². The first-order chi connectivity index (χ1) is 11.4. The van der Waals surface area contributed by atoms with E-state index in [1.54, 1.807) is 0 Å². The van der Waals surface area contributed by atoms with Crippen molar-refractivity contribution in [2.24, 2.45) is 17.8 Å². The molecule has 0 aliphatic carbocycles. The van der Waals surface area contributed by atoms with Gasteiger partial charge in [0, 0.05) is 37.4 Å². The average Bonchev–Trinajstić information content (AvgIpc) is 3.12. The summed E-state index contributed by atoms with van der Waals surface area (Å²) in [5.74, 6) is 0.807. The Bertz CT molecular complexity index is 560. The largest absolute Gasteiger partial charge is 0.376 e. The maximum absolute atomic E-state index is 12.8. The summed E-state index contributed by atoms with van der Waals surface area (Å²) in [5, 5.41) is 0. The smallest absolute Gasteiger partial charge is 0.225 e. The predicted molar refractivity (Wildman–Crippen MR) is 91.0 cm³/mol. The number of carbonyl (C=O) groups excluding carboxylic acids is 1. The van der Waals surface area contributed by atoms with Crippen LogP contribution < -0.4 is 4.72 Å². The quantitative estimate of drug-likeness (QED) is 0.732. The Morgan fingerprint density at radius 1 is 1.25 bits per heavy atom. The number of amides is 1. The summed E-state index contributed by atoms with van der Waals surface area (Å²) in [5.41, 5.74) is 0. The fourth-order valence-electron chi connectivity index (χ4n) is 4.20. The minimum absolute atomic E-state index is 0.0658. The highest BCUT2D eigenvalue weighted by atomic mass is 32.2. The zero-order valence-corrected chi connectivity index (χ0v) is 15.4. The SMILES string of the molecule is CCN1CCC(C(=O)N2C[C@@H]3[C@@H](CNS(C)(=O)=O)CO[C@@H]3C2)CC1. The highest BCUT2D eigenvalue weighted by Crippen LogP contribution is 2.34. The lowest BCUT2D eigenvalue weighted by atomic mass is 9.93. The van der Waals surface area contributed by atoms with Crippen molar-refractivity contribution in [1.29, 1.82) is 0 Å². The molecule has 3 saturated heterocycles. The molecule has 1 N–H and O–H groups in total.